The fourth-order valence-corrected chi connectivity index (χ4v) is 3.86. The molecule has 0 spiro atoms. The fourth-order valence-electron chi connectivity index (χ4n) is 2.87. The fraction of sp³-hybridized carbons (Fsp3) is 0.588. The van der Waals surface area contributed by atoms with Gasteiger partial charge in [0, 0.05) is 52.5 Å². The number of piperidine rings is 1. The minimum Gasteiger partial charge on any atom is -0.378 e. The number of nitrogens with one attached hydrogen (secondary N) is 2. The molecule has 0 unspecified atom stereocenters. The van der Waals surface area contributed by atoms with Crippen LogP contribution in [0.1, 0.15) is 18.4 Å². The van der Waals surface area contributed by atoms with Crippen molar-refractivity contribution in [1.29, 1.82) is 0 Å². The van der Waals surface area contributed by atoms with Gasteiger partial charge >= 0.3 is 15.5 Å². The Morgan fingerprint density at radius 1 is 1.21 bits per heavy atom. The maximum absolute atomic E-state index is 12.6. The Labute approximate surface area is 163 Å². The molecule has 7 nitrogen and oxygen atoms in total. The lowest BCUT2D eigenvalue weighted by Gasteiger charge is -2.32. The summed E-state index contributed by atoms with van der Waals surface area (Å²) >= 11 is 0. The first-order valence-electron chi connectivity index (χ1n) is 8.84. The summed E-state index contributed by atoms with van der Waals surface area (Å²) in [7, 11) is 0.273. The Hall–Kier alpha value is -2.01. The molecular weight excluding hydrogens is 395 g/mol. The molecule has 1 aromatic carbocycles. The minimum absolute atomic E-state index is 0.151. The molecule has 0 aliphatic carbocycles. The Morgan fingerprint density at radius 2 is 1.79 bits per heavy atom. The zero-order chi connectivity index (χ0) is 20.9. The maximum Gasteiger partial charge on any atom is 0.511 e. The Kier molecular flexibility index (Phi) is 7.16. The summed E-state index contributed by atoms with van der Waals surface area (Å²) in [4.78, 5) is 6.13. The van der Waals surface area contributed by atoms with Gasteiger partial charge in [0.25, 0.3) is 0 Å². The highest BCUT2D eigenvalue weighted by Crippen LogP contribution is 2.28. The van der Waals surface area contributed by atoms with Gasteiger partial charge in [-0.3, -0.25) is 4.99 Å². The SMILES string of the molecule is CN=C(NCc1ccc(N(C)C)cc1)NC1CCN(S(=O)(=O)C(F)(F)F)CC1. The molecule has 1 fully saturated rings. The molecule has 0 atom stereocenters. The van der Waals surface area contributed by atoms with Crippen LogP contribution in [0.4, 0.5) is 18.9 Å². The molecule has 0 saturated carbocycles. The van der Waals surface area contributed by atoms with Crippen LogP contribution in [0.3, 0.4) is 0 Å². The van der Waals surface area contributed by atoms with Gasteiger partial charge in [0.1, 0.15) is 0 Å². The topological polar surface area (TPSA) is 77.0 Å². The summed E-state index contributed by atoms with van der Waals surface area (Å²) in [5.74, 6) is 0.522. The van der Waals surface area contributed by atoms with Crippen molar-refractivity contribution in [2.75, 3.05) is 39.1 Å². The van der Waals surface area contributed by atoms with Crippen molar-refractivity contribution in [1.82, 2.24) is 14.9 Å². The molecular formula is C17H26F3N5O2S. The average Bonchev–Trinajstić information content (AvgIpc) is 2.65. The lowest BCUT2D eigenvalue weighted by atomic mass is 10.1. The number of anilines is 1. The van der Waals surface area contributed by atoms with Crippen molar-refractivity contribution < 1.29 is 21.6 Å². The number of hydrogen-bond donors (Lipinski definition) is 2. The largest absolute Gasteiger partial charge is 0.511 e. The van der Waals surface area contributed by atoms with Crippen LogP contribution in [0.5, 0.6) is 0 Å². The summed E-state index contributed by atoms with van der Waals surface area (Å²) in [5.41, 5.74) is -3.11. The zero-order valence-electron chi connectivity index (χ0n) is 16.1. The predicted molar refractivity (Wildman–Crippen MR) is 104 cm³/mol. The first-order valence-corrected chi connectivity index (χ1v) is 10.3. The first-order chi connectivity index (χ1) is 13.0. The van der Waals surface area contributed by atoms with Crippen LogP contribution < -0.4 is 15.5 Å². The first kappa shape index (κ1) is 22.3. The molecule has 1 heterocycles. The van der Waals surface area contributed by atoms with Gasteiger partial charge in [0.2, 0.25) is 0 Å². The zero-order valence-corrected chi connectivity index (χ0v) is 16.9. The molecule has 11 heteroatoms. The predicted octanol–water partition coefficient (Wildman–Crippen LogP) is 1.73. The second-order valence-electron chi connectivity index (χ2n) is 6.76. The van der Waals surface area contributed by atoms with Gasteiger partial charge in [0.15, 0.2) is 5.96 Å². The third kappa shape index (κ3) is 5.51. The number of rotatable bonds is 5. The van der Waals surface area contributed by atoms with Gasteiger partial charge in [-0.1, -0.05) is 12.1 Å². The highest BCUT2D eigenvalue weighted by atomic mass is 32.2. The third-order valence-corrected chi connectivity index (χ3v) is 6.19. The molecule has 1 saturated heterocycles. The van der Waals surface area contributed by atoms with Crippen molar-refractivity contribution >= 4 is 21.7 Å². The summed E-state index contributed by atoms with van der Waals surface area (Å²) in [6.45, 7) is 0.180. The van der Waals surface area contributed by atoms with E-state index >= 15 is 0 Å². The van der Waals surface area contributed by atoms with Crippen LogP contribution in [0, 0.1) is 0 Å². The molecule has 2 rings (SSSR count). The van der Waals surface area contributed by atoms with E-state index in [9.17, 15) is 21.6 Å². The lowest BCUT2D eigenvalue weighted by molar-refractivity contribution is -0.0494. The number of benzene rings is 1. The Bertz CT molecular complexity index is 771. The second kappa shape index (κ2) is 8.99. The van der Waals surface area contributed by atoms with Gasteiger partial charge in [-0.25, -0.2) is 8.42 Å². The van der Waals surface area contributed by atoms with E-state index in [0.29, 0.717) is 16.8 Å². The normalized spacial score (nSPS) is 17.4. The third-order valence-electron chi connectivity index (χ3n) is 4.56. The monoisotopic (exact) mass is 421 g/mol. The molecule has 0 radical (unpaired) electrons. The van der Waals surface area contributed by atoms with Crippen molar-refractivity contribution in [2.45, 2.75) is 30.9 Å². The van der Waals surface area contributed by atoms with Crippen molar-refractivity contribution in [3.8, 4) is 0 Å². The molecule has 28 heavy (non-hydrogen) atoms. The van der Waals surface area contributed by atoms with Crippen molar-refractivity contribution in [3.63, 3.8) is 0 Å². The van der Waals surface area contributed by atoms with Gasteiger partial charge < -0.3 is 15.5 Å². The van der Waals surface area contributed by atoms with E-state index in [1.54, 1.807) is 7.05 Å². The Balaban J connectivity index is 1.84. The molecule has 158 valence electrons. The van der Waals surface area contributed by atoms with Crippen LogP contribution in [0.25, 0.3) is 0 Å². The lowest BCUT2D eigenvalue weighted by Crippen LogP contribution is -2.51. The van der Waals surface area contributed by atoms with Crippen LogP contribution in [0.2, 0.25) is 0 Å². The van der Waals surface area contributed by atoms with Crippen LogP contribution in [0.15, 0.2) is 29.3 Å². The van der Waals surface area contributed by atoms with Crippen molar-refractivity contribution in [3.05, 3.63) is 29.8 Å². The van der Waals surface area contributed by atoms with E-state index in [-0.39, 0.29) is 32.0 Å². The number of guanidine groups is 1. The summed E-state index contributed by atoms with van der Waals surface area (Å²) in [6.07, 6.45) is 0.543. The molecule has 1 aliphatic rings. The molecule has 0 aromatic heterocycles. The van der Waals surface area contributed by atoms with Gasteiger partial charge in [0.05, 0.1) is 0 Å². The van der Waals surface area contributed by atoms with E-state index in [4.69, 9.17) is 0 Å². The average molecular weight is 421 g/mol. The molecule has 1 aliphatic heterocycles. The number of alkyl halides is 3. The van der Waals surface area contributed by atoms with Crippen LogP contribution in [-0.4, -0.2) is 64.5 Å². The number of aliphatic imine (C=N–C) groups is 1. The van der Waals surface area contributed by atoms with E-state index in [1.807, 2.05) is 43.3 Å². The number of sulfonamides is 1. The smallest absolute Gasteiger partial charge is 0.378 e. The number of halogens is 3. The van der Waals surface area contributed by atoms with Crippen LogP contribution >= 0.6 is 0 Å². The Morgan fingerprint density at radius 3 is 2.25 bits per heavy atom. The van der Waals surface area contributed by atoms with Gasteiger partial charge in [-0.15, -0.1) is 0 Å². The summed E-state index contributed by atoms with van der Waals surface area (Å²) in [5, 5.41) is 6.30. The van der Waals surface area contributed by atoms with Gasteiger partial charge in [-0.2, -0.15) is 17.5 Å². The highest BCUT2D eigenvalue weighted by molar-refractivity contribution is 7.90. The number of nitrogens with zero attached hydrogens (tertiary/aromatic N) is 3. The quantitative estimate of drug-likeness (QED) is 0.559. The van der Waals surface area contributed by atoms with E-state index in [2.05, 4.69) is 15.6 Å². The maximum atomic E-state index is 12.6. The van der Waals surface area contributed by atoms with E-state index < -0.39 is 15.5 Å². The van der Waals surface area contributed by atoms with Crippen LogP contribution in [-0.2, 0) is 16.6 Å². The summed E-state index contributed by atoms with van der Waals surface area (Å²) < 4.78 is 61.3. The molecule has 0 amide bonds. The molecule has 1 aromatic rings. The molecule has 0 bridgehead atoms. The van der Waals surface area contributed by atoms with E-state index in [0.717, 1.165) is 11.3 Å². The number of hydrogen-bond acceptors (Lipinski definition) is 4. The molecule has 2 N–H and O–H groups in total. The minimum atomic E-state index is -5.26. The summed E-state index contributed by atoms with van der Waals surface area (Å²) in [6, 6.07) is 7.85. The second-order valence-corrected chi connectivity index (χ2v) is 8.68. The van der Waals surface area contributed by atoms with E-state index in [1.165, 1.54) is 0 Å². The van der Waals surface area contributed by atoms with Crippen molar-refractivity contribution in [2.24, 2.45) is 4.99 Å². The van der Waals surface area contributed by atoms with Gasteiger partial charge in [-0.05, 0) is 30.5 Å². The standard InChI is InChI=1S/C17H26F3N5O2S/c1-21-16(22-12-13-4-6-15(7-5-13)24(2)3)23-14-8-10-25(11-9-14)28(26,27)17(18,19)20/h4-7,14H,8-12H2,1-3H3,(H2,21,22,23). The highest BCUT2D eigenvalue weighted by Gasteiger charge is 2.50.